The Hall–Kier alpha value is -3.20. The van der Waals surface area contributed by atoms with E-state index in [1.165, 1.54) is 15.5 Å². The molecule has 0 fully saturated rings. The van der Waals surface area contributed by atoms with Crippen LogP contribution < -0.4 is 4.31 Å². The van der Waals surface area contributed by atoms with Crippen LogP contribution in [0.5, 0.6) is 0 Å². The highest BCUT2D eigenvalue weighted by molar-refractivity contribution is 7.92. The van der Waals surface area contributed by atoms with Crippen LogP contribution in [0.1, 0.15) is 56.4 Å². The first-order valence-electron chi connectivity index (χ1n) is 10.4. The van der Waals surface area contributed by atoms with E-state index < -0.39 is 16.0 Å². The van der Waals surface area contributed by atoms with Crippen molar-refractivity contribution in [2.75, 3.05) is 23.7 Å². The third-order valence-corrected chi connectivity index (χ3v) is 6.98. The van der Waals surface area contributed by atoms with Gasteiger partial charge in [0.15, 0.2) is 0 Å². The molecule has 0 unspecified atom stereocenters. The Morgan fingerprint density at radius 1 is 1.06 bits per heavy atom. The van der Waals surface area contributed by atoms with Crippen LogP contribution in [-0.4, -0.2) is 56.6 Å². The molecule has 2 aliphatic heterocycles. The molecule has 0 spiro atoms. The Morgan fingerprint density at radius 3 is 2.34 bits per heavy atom. The van der Waals surface area contributed by atoms with Gasteiger partial charge in [0.05, 0.1) is 35.2 Å². The molecule has 2 aromatic rings. The van der Waals surface area contributed by atoms with Crippen molar-refractivity contribution in [3.8, 4) is 0 Å². The molecule has 0 bridgehead atoms. The lowest BCUT2D eigenvalue weighted by atomic mass is 10.1. The molecule has 168 valence electrons. The van der Waals surface area contributed by atoms with Crippen molar-refractivity contribution in [2.24, 2.45) is 0 Å². The fourth-order valence-corrected chi connectivity index (χ4v) is 5.56. The van der Waals surface area contributed by atoms with Crippen molar-refractivity contribution in [3.05, 3.63) is 64.7 Å². The van der Waals surface area contributed by atoms with Crippen molar-refractivity contribution in [1.82, 2.24) is 4.90 Å². The molecule has 0 aromatic heterocycles. The summed E-state index contributed by atoms with van der Waals surface area (Å²) in [6, 6.07) is 11.4. The number of fused-ring (bicyclic) bond motifs is 2. The zero-order chi connectivity index (χ0) is 23.0. The third kappa shape index (κ3) is 4.00. The fourth-order valence-electron chi connectivity index (χ4n) is 4.30. The van der Waals surface area contributed by atoms with Gasteiger partial charge in [-0.3, -0.25) is 18.8 Å². The number of carbonyl (C=O) groups excluding carboxylic acids is 3. The number of carbonyl (C=O) groups is 3. The van der Waals surface area contributed by atoms with Gasteiger partial charge in [0, 0.05) is 12.6 Å². The van der Waals surface area contributed by atoms with Crippen LogP contribution >= 0.6 is 0 Å². The summed E-state index contributed by atoms with van der Waals surface area (Å²) in [7, 11) is -3.39. The van der Waals surface area contributed by atoms with E-state index in [0.717, 1.165) is 5.56 Å². The lowest BCUT2D eigenvalue weighted by molar-refractivity contribution is 0.0485. The van der Waals surface area contributed by atoms with Crippen molar-refractivity contribution in [1.29, 1.82) is 0 Å². The minimum atomic E-state index is -3.39. The quantitative estimate of drug-likeness (QED) is 0.361. The molecule has 2 aromatic carbocycles. The lowest BCUT2D eigenvalue weighted by Crippen LogP contribution is -2.34. The zero-order valence-electron chi connectivity index (χ0n) is 17.9. The Bertz CT molecular complexity index is 1170. The molecule has 0 saturated heterocycles. The van der Waals surface area contributed by atoms with Gasteiger partial charge in [-0.1, -0.05) is 12.1 Å². The van der Waals surface area contributed by atoms with Crippen LogP contribution in [0.25, 0.3) is 0 Å². The number of hydrogen-bond donors (Lipinski definition) is 0. The second-order valence-electron chi connectivity index (χ2n) is 8.11. The van der Waals surface area contributed by atoms with Gasteiger partial charge in [-0.25, -0.2) is 13.2 Å². The largest absolute Gasteiger partial charge is 0.462 e. The van der Waals surface area contributed by atoms with E-state index in [2.05, 4.69) is 0 Å². The van der Waals surface area contributed by atoms with Crippen molar-refractivity contribution in [3.63, 3.8) is 0 Å². The van der Waals surface area contributed by atoms with Gasteiger partial charge in [0.25, 0.3) is 11.8 Å². The van der Waals surface area contributed by atoms with Gasteiger partial charge >= 0.3 is 5.97 Å². The summed E-state index contributed by atoms with van der Waals surface area (Å²) in [6.45, 7) is 2.25. The zero-order valence-corrected chi connectivity index (χ0v) is 18.7. The van der Waals surface area contributed by atoms with Gasteiger partial charge < -0.3 is 4.74 Å². The number of benzene rings is 2. The molecular formula is C23H24N2O6S. The SMILES string of the molecule is C[C@H]1Cc2cc(C(=O)OCCCCN3C(=O)c4ccccc4C3=O)ccc2N1S(C)(=O)=O. The summed E-state index contributed by atoms with van der Waals surface area (Å²) in [5.74, 6) is -1.07. The smallest absolute Gasteiger partial charge is 0.338 e. The van der Waals surface area contributed by atoms with Crippen LogP contribution in [0.3, 0.4) is 0 Å². The molecule has 1 atom stereocenters. The molecule has 32 heavy (non-hydrogen) atoms. The van der Waals surface area contributed by atoms with Crippen molar-refractivity contribution in [2.45, 2.75) is 32.2 Å². The lowest BCUT2D eigenvalue weighted by Gasteiger charge is -2.21. The van der Waals surface area contributed by atoms with Crippen molar-refractivity contribution >= 4 is 33.5 Å². The average Bonchev–Trinajstić information content (AvgIpc) is 3.21. The number of ether oxygens (including phenoxy) is 1. The first-order valence-corrected chi connectivity index (χ1v) is 12.3. The highest BCUT2D eigenvalue weighted by Crippen LogP contribution is 2.34. The molecule has 0 N–H and O–H groups in total. The van der Waals surface area contributed by atoms with Crippen LogP contribution in [0.2, 0.25) is 0 Å². The first-order chi connectivity index (χ1) is 15.2. The molecule has 0 saturated carbocycles. The number of anilines is 1. The number of sulfonamides is 1. The summed E-state index contributed by atoms with van der Waals surface area (Å²) < 4.78 is 30.7. The van der Waals surface area contributed by atoms with Crippen LogP contribution in [0.4, 0.5) is 5.69 Å². The van der Waals surface area contributed by atoms with Gasteiger partial charge in [0.2, 0.25) is 10.0 Å². The minimum Gasteiger partial charge on any atom is -0.462 e. The second-order valence-corrected chi connectivity index (χ2v) is 9.97. The van der Waals surface area contributed by atoms with E-state index in [-0.39, 0.29) is 31.0 Å². The average molecular weight is 457 g/mol. The normalized spacial score (nSPS) is 17.5. The molecule has 2 aliphatic rings. The Kier molecular flexibility index (Phi) is 5.77. The third-order valence-electron chi connectivity index (χ3n) is 5.71. The van der Waals surface area contributed by atoms with Gasteiger partial charge in [-0.15, -0.1) is 0 Å². The maximum atomic E-state index is 12.4. The van der Waals surface area contributed by atoms with Crippen molar-refractivity contribution < 1.29 is 27.5 Å². The summed E-state index contributed by atoms with van der Waals surface area (Å²) in [6.07, 6.45) is 2.72. The summed E-state index contributed by atoms with van der Waals surface area (Å²) in [5.41, 5.74) is 2.60. The van der Waals surface area contributed by atoms with E-state index in [4.69, 9.17) is 4.74 Å². The Morgan fingerprint density at radius 2 is 1.72 bits per heavy atom. The molecule has 0 aliphatic carbocycles. The second kappa shape index (κ2) is 8.38. The number of hydrogen-bond acceptors (Lipinski definition) is 6. The van der Waals surface area contributed by atoms with Gasteiger partial charge in [0.1, 0.15) is 0 Å². The van der Waals surface area contributed by atoms with E-state index in [9.17, 15) is 22.8 Å². The van der Waals surface area contributed by atoms with Crippen LogP contribution in [-0.2, 0) is 21.2 Å². The Balaban J connectivity index is 1.28. The predicted molar refractivity (Wildman–Crippen MR) is 118 cm³/mol. The highest BCUT2D eigenvalue weighted by atomic mass is 32.2. The van der Waals surface area contributed by atoms with E-state index in [1.54, 1.807) is 42.5 Å². The predicted octanol–water partition coefficient (Wildman–Crippen LogP) is 2.63. The maximum absolute atomic E-state index is 12.4. The highest BCUT2D eigenvalue weighted by Gasteiger charge is 2.35. The number of rotatable bonds is 7. The molecule has 0 radical (unpaired) electrons. The molecule has 9 heteroatoms. The van der Waals surface area contributed by atoms with Crippen LogP contribution in [0.15, 0.2) is 42.5 Å². The number of esters is 1. The number of unbranched alkanes of at least 4 members (excludes halogenated alkanes) is 1. The molecule has 2 amide bonds. The van der Waals surface area contributed by atoms with E-state index in [1.807, 2.05) is 6.92 Å². The first kappa shape index (κ1) is 22.0. The number of imide groups is 1. The van der Waals surface area contributed by atoms with Crippen LogP contribution in [0, 0.1) is 0 Å². The maximum Gasteiger partial charge on any atom is 0.338 e. The van der Waals surface area contributed by atoms with Gasteiger partial charge in [-0.05, 0) is 62.1 Å². The number of nitrogens with zero attached hydrogens (tertiary/aromatic N) is 2. The fraction of sp³-hybridized carbons (Fsp3) is 0.348. The molecule has 8 nitrogen and oxygen atoms in total. The molecular weight excluding hydrogens is 432 g/mol. The standard InChI is InChI=1S/C23H24N2O6S/c1-15-13-17-14-16(9-10-20(17)25(15)32(2,29)30)23(28)31-12-6-5-11-24-21(26)18-7-3-4-8-19(18)22(24)27/h3-4,7-10,14-15H,5-6,11-13H2,1-2H3/t15-/m0/s1. The monoisotopic (exact) mass is 456 g/mol. The summed E-state index contributed by atoms with van der Waals surface area (Å²) in [5, 5.41) is 0. The minimum absolute atomic E-state index is 0.158. The van der Waals surface area contributed by atoms with E-state index >= 15 is 0 Å². The summed E-state index contributed by atoms with van der Waals surface area (Å²) >= 11 is 0. The molecule has 4 rings (SSSR count). The van der Waals surface area contributed by atoms with E-state index in [0.29, 0.717) is 41.6 Å². The van der Waals surface area contributed by atoms with Gasteiger partial charge in [-0.2, -0.15) is 0 Å². The topological polar surface area (TPSA) is 101 Å². The molecule has 2 heterocycles. The summed E-state index contributed by atoms with van der Waals surface area (Å²) in [4.78, 5) is 38.3. The number of amides is 2. The Labute approximate surface area is 186 Å².